The Labute approximate surface area is 176 Å². The Morgan fingerprint density at radius 3 is 2.77 bits per heavy atom. The average molecular weight is 430 g/mol. The first-order chi connectivity index (χ1) is 14.8. The number of hydrogen-bond donors (Lipinski definition) is 2. The van der Waals surface area contributed by atoms with Gasteiger partial charge in [-0.15, -0.1) is 0 Å². The Hall–Kier alpha value is -3.43. The number of imidazole rings is 1. The molecule has 0 bridgehead atoms. The normalized spacial score (nSPS) is 20.4. The number of carbonyl (C=O) groups excluding carboxylic acids is 1. The predicted molar refractivity (Wildman–Crippen MR) is 107 cm³/mol. The lowest BCUT2D eigenvalue weighted by atomic mass is 9.89. The Bertz CT molecular complexity index is 1100. The lowest BCUT2D eigenvalue weighted by Crippen LogP contribution is -2.23. The second-order valence-electron chi connectivity index (χ2n) is 7.54. The van der Waals surface area contributed by atoms with Crippen LogP contribution in [-0.2, 0) is 4.79 Å². The van der Waals surface area contributed by atoms with Crippen LogP contribution >= 0.6 is 0 Å². The summed E-state index contributed by atoms with van der Waals surface area (Å²) in [7, 11) is 0. The lowest BCUT2D eigenvalue weighted by Gasteiger charge is -2.18. The summed E-state index contributed by atoms with van der Waals surface area (Å²) in [4.78, 5) is 25.1. The molecule has 7 nitrogen and oxygen atoms in total. The van der Waals surface area contributed by atoms with E-state index >= 15 is 0 Å². The molecule has 162 valence electrons. The van der Waals surface area contributed by atoms with Crippen molar-refractivity contribution in [3.8, 4) is 5.69 Å². The molecule has 0 aliphatic carbocycles. The molecule has 1 aromatic carbocycles. The van der Waals surface area contributed by atoms with Crippen molar-refractivity contribution >= 4 is 11.9 Å². The van der Waals surface area contributed by atoms with Crippen molar-refractivity contribution < 1.29 is 18.0 Å². The van der Waals surface area contributed by atoms with E-state index in [9.17, 15) is 18.0 Å². The van der Waals surface area contributed by atoms with Crippen molar-refractivity contribution in [2.24, 2.45) is 5.92 Å². The third-order valence-corrected chi connectivity index (χ3v) is 5.39. The molecule has 4 atom stereocenters. The Morgan fingerprint density at radius 1 is 1.23 bits per heavy atom. The van der Waals surface area contributed by atoms with E-state index in [4.69, 9.17) is 0 Å². The molecule has 1 unspecified atom stereocenters. The number of nitrogens with zero attached hydrogens (tertiary/aromatic N) is 4. The van der Waals surface area contributed by atoms with E-state index in [1.54, 1.807) is 12.3 Å². The number of amides is 1. The monoisotopic (exact) mass is 430 g/mol. The lowest BCUT2D eigenvalue weighted by molar-refractivity contribution is -0.121. The smallest absolute Gasteiger partial charge is 0.229 e. The SMILES string of the molecule is C[C@H](Nc1nccc([C@@H]2C(=O)NCC2[C@H](C)F)n1)c1cn(-c2ccc(F)cc2F)cn1. The van der Waals surface area contributed by atoms with Gasteiger partial charge in [0, 0.05) is 30.9 Å². The molecule has 2 N–H and O–H groups in total. The Kier molecular flexibility index (Phi) is 5.62. The zero-order valence-electron chi connectivity index (χ0n) is 16.9. The van der Waals surface area contributed by atoms with E-state index < -0.39 is 29.6 Å². The number of nitrogens with one attached hydrogen (secondary N) is 2. The maximum Gasteiger partial charge on any atom is 0.229 e. The first-order valence-electron chi connectivity index (χ1n) is 9.84. The summed E-state index contributed by atoms with van der Waals surface area (Å²) in [5.41, 5.74) is 1.18. The van der Waals surface area contributed by atoms with Gasteiger partial charge in [-0.2, -0.15) is 0 Å². The molecule has 1 aliphatic heterocycles. The first kappa shape index (κ1) is 20.8. The summed E-state index contributed by atoms with van der Waals surface area (Å²) in [5.74, 6) is -2.53. The zero-order valence-corrected chi connectivity index (χ0v) is 16.9. The third-order valence-electron chi connectivity index (χ3n) is 5.39. The van der Waals surface area contributed by atoms with Crippen LogP contribution < -0.4 is 10.6 Å². The van der Waals surface area contributed by atoms with E-state index in [2.05, 4.69) is 25.6 Å². The van der Waals surface area contributed by atoms with Gasteiger partial charge in [-0.05, 0) is 32.0 Å². The summed E-state index contributed by atoms with van der Waals surface area (Å²) < 4.78 is 42.5. The van der Waals surface area contributed by atoms with Crippen LogP contribution in [0.15, 0.2) is 43.0 Å². The highest BCUT2D eigenvalue weighted by Gasteiger charge is 2.40. The fourth-order valence-corrected chi connectivity index (χ4v) is 3.69. The second-order valence-corrected chi connectivity index (χ2v) is 7.54. The van der Waals surface area contributed by atoms with Crippen LogP contribution in [-0.4, -0.2) is 38.1 Å². The highest BCUT2D eigenvalue weighted by Crippen LogP contribution is 2.32. The fourth-order valence-electron chi connectivity index (χ4n) is 3.69. The maximum absolute atomic E-state index is 14.0. The van der Waals surface area contributed by atoms with Gasteiger partial charge < -0.3 is 15.2 Å². The minimum atomic E-state index is -1.16. The standard InChI is InChI=1S/C21H21F3N6O/c1-11(22)14-8-26-20(31)19(14)16-5-6-25-21(29-16)28-12(2)17-9-30(10-27-17)18-4-3-13(23)7-15(18)24/h3-7,9-12,14,19H,8H2,1-2H3,(H,26,31)(H,25,28,29)/t11-,12-,14?,19+/m0/s1. The van der Waals surface area contributed by atoms with Gasteiger partial charge in [0.25, 0.3) is 0 Å². The third kappa shape index (κ3) is 4.23. The zero-order chi connectivity index (χ0) is 22.1. The molecule has 1 saturated heterocycles. The minimum absolute atomic E-state index is 0.171. The number of carbonyl (C=O) groups is 1. The van der Waals surface area contributed by atoms with Gasteiger partial charge in [0.15, 0.2) is 0 Å². The van der Waals surface area contributed by atoms with Crippen LogP contribution in [0.4, 0.5) is 19.1 Å². The van der Waals surface area contributed by atoms with Crippen LogP contribution in [0.25, 0.3) is 5.69 Å². The highest BCUT2D eigenvalue weighted by molar-refractivity contribution is 5.85. The molecule has 1 fully saturated rings. The topological polar surface area (TPSA) is 84.7 Å². The minimum Gasteiger partial charge on any atom is -0.355 e. The van der Waals surface area contributed by atoms with Crippen molar-refractivity contribution in [1.82, 2.24) is 24.8 Å². The van der Waals surface area contributed by atoms with E-state index in [0.717, 1.165) is 6.07 Å². The number of halogens is 3. The van der Waals surface area contributed by atoms with E-state index in [0.29, 0.717) is 11.4 Å². The molecule has 1 amide bonds. The quantitative estimate of drug-likeness (QED) is 0.627. The molecule has 0 spiro atoms. The summed E-state index contributed by atoms with van der Waals surface area (Å²) >= 11 is 0. The van der Waals surface area contributed by atoms with E-state index in [1.807, 2.05) is 6.92 Å². The largest absolute Gasteiger partial charge is 0.355 e. The van der Waals surface area contributed by atoms with Crippen molar-refractivity contribution in [2.75, 3.05) is 11.9 Å². The van der Waals surface area contributed by atoms with Crippen molar-refractivity contribution in [1.29, 1.82) is 0 Å². The molecular weight excluding hydrogens is 409 g/mol. The van der Waals surface area contributed by atoms with Crippen LogP contribution in [0.5, 0.6) is 0 Å². The molecule has 3 aromatic rings. The number of anilines is 1. The van der Waals surface area contributed by atoms with Crippen molar-refractivity contribution in [2.45, 2.75) is 32.0 Å². The summed E-state index contributed by atoms with van der Waals surface area (Å²) in [6.07, 6.45) is 3.39. The van der Waals surface area contributed by atoms with E-state index in [1.165, 1.54) is 36.1 Å². The van der Waals surface area contributed by atoms with Gasteiger partial charge in [-0.1, -0.05) is 0 Å². The van der Waals surface area contributed by atoms with Gasteiger partial charge >= 0.3 is 0 Å². The maximum atomic E-state index is 14.0. The highest BCUT2D eigenvalue weighted by atomic mass is 19.1. The van der Waals surface area contributed by atoms with Crippen molar-refractivity contribution in [3.05, 3.63) is 66.0 Å². The summed E-state index contributed by atoms with van der Waals surface area (Å²) in [6, 6.07) is 4.56. The Morgan fingerprint density at radius 2 is 2.03 bits per heavy atom. The number of alkyl halides is 1. The van der Waals surface area contributed by atoms with Crippen LogP contribution in [0.1, 0.15) is 37.2 Å². The van der Waals surface area contributed by atoms with Crippen LogP contribution in [0, 0.1) is 17.6 Å². The molecule has 1 aliphatic rings. The first-order valence-corrected chi connectivity index (χ1v) is 9.84. The second kappa shape index (κ2) is 8.37. The Balaban J connectivity index is 1.52. The van der Waals surface area contributed by atoms with Gasteiger partial charge in [0.05, 0.1) is 35.4 Å². The van der Waals surface area contributed by atoms with Crippen LogP contribution in [0.3, 0.4) is 0 Å². The van der Waals surface area contributed by atoms with Gasteiger partial charge in [0.2, 0.25) is 11.9 Å². The molecule has 10 heteroatoms. The van der Waals surface area contributed by atoms with Gasteiger partial charge in [0.1, 0.15) is 17.8 Å². The number of rotatable bonds is 6. The predicted octanol–water partition coefficient (Wildman–Crippen LogP) is 3.30. The van der Waals surface area contributed by atoms with Crippen molar-refractivity contribution in [3.63, 3.8) is 0 Å². The molecular formula is C21H21F3N6O. The fraction of sp³-hybridized carbons (Fsp3) is 0.333. The van der Waals surface area contributed by atoms with Gasteiger partial charge in [-0.25, -0.2) is 28.1 Å². The molecule has 4 rings (SSSR count). The summed E-state index contributed by atoms with van der Waals surface area (Å²) in [5, 5.41) is 5.78. The molecule has 0 saturated carbocycles. The van der Waals surface area contributed by atoms with Crippen LogP contribution in [0.2, 0.25) is 0 Å². The number of hydrogen-bond acceptors (Lipinski definition) is 5. The average Bonchev–Trinajstić information content (AvgIpc) is 3.35. The van der Waals surface area contributed by atoms with E-state index in [-0.39, 0.29) is 30.1 Å². The molecule has 0 radical (unpaired) electrons. The van der Waals surface area contributed by atoms with Gasteiger partial charge in [-0.3, -0.25) is 4.79 Å². The number of aromatic nitrogens is 4. The molecule has 2 aromatic heterocycles. The number of benzene rings is 1. The molecule has 31 heavy (non-hydrogen) atoms. The molecule has 3 heterocycles. The summed E-state index contributed by atoms with van der Waals surface area (Å²) in [6.45, 7) is 3.51.